The van der Waals surface area contributed by atoms with E-state index in [0.29, 0.717) is 11.8 Å². The Morgan fingerprint density at radius 2 is 0.845 bits per heavy atom. The number of allylic oxidation sites excluding steroid dienone is 2. The van der Waals surface area contributed by atoms with Crippen molar-refractivity contribution in [3.63, 3.8) is 0 Å². The van der Waals surface area contributed by atoms with Crippen LogP contribution in [-0.4, -0.2) is 5.92 Å². The Morgan fingerprint density at radius 3 is 1.19 bits per heavy atom. The van der Waals surface area contributed by atoms with Crippen molar-refractivity contribution in [2.45, 2.75) is 74.7 Å². The zero-order valence-electron chi connectivity index (χ0n) is 35.4. The molecule has 0 fully saturated rings. The van der Waals surface area contributed by atoms with Crippen LogP contribution in [0.4, 0.5) is 0 Å². The Labute approximate surface area is 356 Å². The van der Waals surface area contributed by atoms with E-state index in [-0.39, 0.29) is 7.25 Å². The molecule has 0 heterocycles. The third kappa shape index (κ3) is 7.05. The summed E-state index contributed by atoms with van der Waals surface area (Å²) in [5, 5.41) is 0. The van der Waals surface area contributed by atoms with Crippen LogP contribution in [0.3, 0.4) is 0 Å². The van der Waals surface area contributed by atoms with E-state index in [4.69, 9.17) is 17.0 Å². The van der Waals surface area contributed by atoms with Gasteiger partial charge in [-0.15, -0.1) is 0 Å². The third-order valence-electron chi connectivity index (χ3n) is 13.1. The number of hydrogen-bond acceptors (Lipinski definition) is 0. The first kappa shape index (κ1) is 41.2. The van der Waals surface area contributed by atoms with E-state index >= 15 is 0 Å². The number of hydrogen-bond donors (Lipinski definition) is 0. The predicted octanol–water partition coefficient (Wildman–Crippen LogP) is 16.6. The van der Waals surface area contributed by atoms with E-state index in [1.165, 1.54) is 89.0 Å². The Kier molecular flexibility index (Phi) is 11.5. The SMILES string of the molecule is Cc1ccccc1-c1c(-c2ccccc2)ccc2c1C=C(CC(C)C)[CH]2[Zr]([Cl])([Cl])([CH]1C(CC(C)C)=Cc2c1ccc(-c1ccccc1)c2-c1ccccc1C)[SiH](C)C. The van der Waals surface area contributed by atoms with Gasteiger partial charge < -0.3 is 0 Å². The van der Waals surface area contributed by atoms with E-state index in [1.54, 1.807) is 0 Å². The van der Waals surface area contributed by atoms with Crippen LogP contribution >= 0.6 is 17.0 Å². The molecule has 0 aromatic heterocycles. The topological polar surface area (TPSA) is 0 Å². The van der Waals surface area contributed by atoms with Crippen LogP contribution in [0.1, 0.15) is 81.2 Å². The first-order valence-corrected chi connectivity index (χ1v) is 37.7. The number of benzene rings is 6. The van der Waals surface area contributed by atoms with Crippen LogP contribution in [-0.2, 0) is 15.6 Å². The van der Waals surface area contributed by atoms with Crippen LogP contribution in [0, 0.1) is 25.7 Å². The monoisotopic (exact) mass is 893 g/mol. The van der Waals surface area contributed by atoms with Gasteiger partial charge in [0.15, 0.2) is 0 Å². The summed E-state index contributed by atoms with van der Waals surface area (Å²) in [5.41, 5.74) is 20.9. The van der Waals surface area contributed by atoms with Gasteiger partial charge >= 0.3 is 360 Å². The van der Waals surface area contributed by atoms with Gasteiger partial charge in [0.05, 0.1) is 0 Å². The molecule has 8 rings (SSSR count). The molecule has 0 radical (unpaired) electrons. The quantitative estimate of drug-likeness (QED) is 0.114. The van der Waals surface area contributed by atoms with Gasteiger partial charge in [0.1, 0.15) is 0 Å². The molecule has 2 atom stereocenters. The zero-order chi connectivity index (χ0) is 41.0. The minimum atomic E-state index is -5.13. The summed E-state index contributed by atoms with van der Waals surface area (Å²) < 4.78 is 0.0345. The minimum absolute atomic E-state index is 0.0173. The number of aryl methyl sites for hydroxylation is 2. The summed E-state index contributed by atoms with van der Waals surface area (Å²) in [6.07, 6.45) is 7.06. The maximum atomic E-state index is 9.08. The molecule has 4 heteroatoms. The molecule has 0 bridgehead atoms. The number of rotatable bonds is 11. The molecule has 2 aliphatic rings. The second-order valence-electron chi connectivity index (χ2n) is 18.2. The third-order valence-corrected chi connectivity index (χ3v) is 64.9. The molecule has 58 heavy (non-hydrogen) atoms. The molecule has 6 aromatic carbocycles. The molecule has 0 amide bonds. The normalized spacial score (nSPS) is 16.9. The molecule has 295 valence electrons. The molecule has 6 aromatic rings. The van der Waals surface area contributed by atoms with Crippen molar-refractivity contribution in [1.29, 1.82) is 0 Å². The molecular formula is C54H57Cl2SiZr. The second kappa shape index (κ2) is 16.2. The predicted molar refractivity (Wildman–Crippen MR) is 255 cm³/mol. The first-order chi connectivity index (χ1) is 27.8. The summed E-state index contributed by atoms with van der Waals surface area (Å²) in [5.74, 6) is -0.869. The molecular weight excluding hydrogens is 839 g/mol. The van der Waals surface area contributed by atoms with E-state index < -0.39 is 21.5 Å². The van der Waals surface area contributed by atoms with Gasteiger partial charge in [0, 0.05) is 0 Å². The molecule has 2 unspecified atom stereocenters. The first-order valence-electron chi connectivity index (χ1n) is 21.3. The van der Waals surface area contributed by atoms with Crippen LogP contribution in [0.15, 0.2) is 145 Å². The van der Waals surface area contributed by atoms with Crippen molar-refractivity contribution in [3.05, 3.63) is 178 Å². The Hall–Kier alpha value is -3.52. The fourth-order valence-corrected chi connectivity index (χ4v) is 41.8. The number of fused-ring (bicyclic) bond motifs is 2. The van der Waals surface area contributed by atoms with Gasteiger partial charge in [-0.1, -0.05) is 0 Å². The molecule has 0 N–H and O–H groups in total. The summed E-state index contributed by atoms with van der Waals surface area (Å²) in [4.78, 5) is 0. The van der Waals surface area contributed by atoms with Crippen molar-refractivity contribution in [2.75, 3.05) is 0 Å². The molecule has 0 nitrogen and oxygen atoms in total. The van der Waals surface area contributed by atoms with Gasteiger partial charge in [-0.2, -0.15) is 0 Å². The average Bonchev–Trinajstić information content (AvgIpc) is 3.77. The second-order valence-corrected chi connectivity index (χ2v) is 60.7. The summed E-state index contributed by atoms with van der Waals surface area (Å²) in [6, 6.07) is 49.2. The van der Waals surface area contributed by atoms with E-state index in [2.05, 4.69) is 200 Å². The molecule has 0 aliphatic heterocycles. The van der Waals surface area contributed by atoms with E-state index in [1.807, 2.05) is 0 Å². The molecule has 2 aliphatic carbocycles. The van der Waals surface area contributed by atoms with Gasteiger partial charge in [-0.05, 0) is 0 Å². The van der Waals surface area contributed by atoms with E-state index in [9.17, 15) is 0 Å². The number of halogens is 2. The van der Waals surface area contributed by atoms with Crippen LogP contribution < -0.4 is 0 Å². The molecule has 0 saturated carbocycles. The van der Waals surface area contributed by atoms with Gasteiger partial charge in [0.2, 0.25) is 0 Å². The van der Waals surface area contributed by atoms with Crippen LogP contribution in [0.25, 0.3) is 56.7 Å². The van der Waals surface area contributed by atoms with Gasteiger partial charge in [-0.3, -0.25) is 0 Å². The maximum absolute atomic E-state index is 9.08. The van der Waals surface area contributed by atoms with Crippen molar-refractivity contribution >= 4 is 35.1 Å². The zero-order valence-corrected chi connectivity index (χ0v) is 40.5. The van der Waals surface area contributed by atoms with Gasteiger partial charge in [-0.25, -0.2) is 0 Å². The average molecular weight is 896 g/mol. The summed E-state index contributed by atoms with van der Waals surface area (Å²) in [7, 11) is 18.2. The summed E-state index contributed by atoms with van der Waals surface area (Å²) in [6.45, 7) is 18.9. The fourth-order valence-electron chi connectivity index (χ4n) is 10.5. The molecule has 0 saturated heterocycles. The standard InChI is InChI=1S/2C26H25.C2H7Si.2ClH.Zr/c2*1-18(2)15-20-16-22-13-14-24(21-10-5-4-6-11-21)26(25(22)17-20)23-12-8-7-9-19(23)3;1-3-2;;;/h2*4-14,16-18H,15H2,1-3H3;3H,1-2H3;2*1H;/q;;;;;+2/p-2. The van der Waals surface area contributed by atoms with Crippen molar-refractivity contribution in [1.82, 2.24) is 0 Å². The van der Waals surface area contributed by atoms with Crippen molar-refractivity contribution < 1.29 is 15.6 Å². The van der Waals surface area contributed by atoms with Crippen LogP contribution in [0.2, 0.25) is 13.1 Å². The van der Waals surface area contributed by atoms with Gasteiger partial charge in [0.25, 0.3) is 0 Å². The molecule has 0 spiro atoms. The van der Waals surface area contributed by atoms with Crippen molar-refractivity contribution in [3.8, 4) is 44.5 Å². The van der Waals surface area contributed by atoms with Crippen molar-refractivity contribution in [2.24, 2.45) is 11.8 Å². The Morgan fingerprint density at radius 1 is 0.483 bits per heavy atom. The Balaban J connectivity index is 1.44. The van der Waals surface area contributed by atoms with Crippen LogP contribution in [0.5, 0.6) is 0 Å². The van der Waals surface area contributed by atoms with E-state index in [0.717, 1.165) is 12.8 Å². The fraction of sp³-hybridized carbons (Fsp3) is 0.259. The summed E-state index contributed by atoms with van der Waals surface area (Å²) >= 11 is -5.13. The Bertz CT molecular complexity index is 2390.